The fourth-order valence-corrected chi connectivity index (χ4v) is 2.91. The molecule has 0 unspecified atom stereocenters. The van der Waals surface area contributed by atoms with Crippen molar-refractivity contribution in [3.8, 4) is 11.4 Å². The van der Waals surface area contributed by atoms with E-state index in [-0.39, 0.29) is 0 Å². The zero-order chi connectivity index (χ0) is 15.0. The van der Waals surface area contributed by atoms with Gasteiger partial charge in [0.1, 0.15) is 5.82 Å². The summed E-state index contributed by atoms with van der Waals surface area (Å²) in [6, 6.07) is 11.2. The van der Waals surface area contributed by atoms with E-state index in [9.17, 15) is 0 Å². The Hall–Kier alpha value is -1.71. The molecule has 0 bridgehead atoms. The number of aromatic nitrogens is 2. The molecule has 0 aliphatic rings. The molecular formula is C16H15Cl2N3. The van der Waals surface area contributed by atoms with Crippen molar-refractivity contribution in [2.45, 2.75) is 19.9 Å². The van der Waals surface area contributed by atoms with Crippen LogP contribution < -0.4 is 5.73 Å². The Morgan fingerprint density at radius 3 is 2.67 bits per heavy atom. The molecule has 1 aromatic heterocycles. The van der Waals surface area contributed by atoms with Gasteiger partial charge in [0.2, 0.25) is 0 Å². The van der Waals surface area contributed by atoms with Crippen LogP contribution in [0.5, 0.6) is 0 Å². The molecule has 0 amide bonds. The standard InChI is InChI=1S/C16H15Cl2N3/c1-2-7-21-15-6-3-10(17)8-14(15)20-16(21)12-5-4-11(19)9-13(12)18/h3-6,8-9H,2,7,19H2,1H3. The third-order valence-electron chi connectivity index (χ3n) is 3.39. The van der Waals surface area contributed by atoms with Gasteiger partial charge >= 0.3 is 0 Å². The average molecular weight is 320 g/mol. The zero-order valence-electron chi connectivity index (χ0n) is 11.6. The van der Waals surface area contributed by atoms with Gasteiger partial charge in [-0.3, -0.25) is 0 Å². The minimum absolute atomic E-state index is 0.605. The van der Waals surface area contributed by atoms with Gasteiger partial charge in [0.15, 0.2) is 0 Å². The van der Waals surface area contributed by atoms with E-state index in [2.05, 4.69) is 11.5 Å². The highest BCUT2D eigenvalue weighted by Crippen LogP contribution is 2.32. The van der Waals surface area contributed by atoms with Crippen molar-refractivity contribution in [2.75, 3.05) is 5.73 Å². The summed E-state index contributed by atoms with van der Waals surface area (Å²) in [4.78, 5) is 4.71. The molecular weight excluding hydrogens is 305 g/mol. The minimum atomic E-state index is 0.605. The van der Waals surface area contributed by atoms with Crippen LogP contribution in [0.3, 0.4) is 0 Å². The molecule has 0 radical (unpaired) electrons. The lowest BCUT2D eigenvalue weighted by molar-refractivity contribution is 0.704. The van der Waals surface area contributed by atoms with Crippen LogP contribution in [0.25, 0.3) is 22.4 Å². The minimum Gasteiger partial charge on any atom is -0.399 e. The number of hydrogen-bond donors (Lipinski definition) is 1. The molecule has 108 valence electrons. The summed E-state index contributed by atoms with van der Waals surface area (Å²) >= 11 is 12.4. The number of rotatable bonds is 3. The summed E-state index contributed by atoms with van der Waals surface area (Å²) in [5.74, 6) is 0.846. The van der Waals surface area contributed by atoms with Crippen LogP contribution in [0, 0.1) is 0 Å². The molecule has 1 heterocycles. The molecule has 21 heavy (non-hydrogen) atoms. The maximum atomic E-state index is 6.34. The van der Waals surface area contributed by atoms with Crippen LogP contribution in [0.1, 0.15) is 13.3 Å². The molecule has 0 spiro atoms. The molecule has 3 aromatic rings. The van der Waals surface area contributed by atoms with E-state index in [1.165, 1.54) is 0 Å². The lowest BCUT2D eigenvalue weighted by atomic mass is 10.2. The lowest BCUT2D eigenvalue weighted by Crippen LogP contribution is -2.00. The Kier molecular flexibility index (Phi) is 3.79. The van der Waals surface area contributed by atoms with E-state index in [4.69, 9.17) is 33.9 Å². The van der Waals surface area contributed by atoms with Gasteiger partial charge in [-0.15, -0.1) is 0 Å². The van der Waals surface area contributed by atoms with Crippen LogP contribution in [0.4, 0.5) is 5.69 Å². The highest BCUT2D eigenvalue weighted by atomic mass is 35.5. The maximum absolute atomic E-state index is 6.34. The highest BCUT2D eigenvalue weighted by molar-refractivity contribution is 6.33. The largest absolute Gasteiger partial charge is 0.399 e. The molecule has 0 aliphatic heterocycles. The van der Waals surface area contributed by atoms with Crippen molar-refractivity contribution in [1.29, 1.82) is 0 Å². The van der Waals surface area contributed by atoms with E-state index in [0.717, 1.165) is 35.4 Å². The quantitative estimate of drug-likeness (QED) is 0.690. The third-order valence-corrected chi connectivity index (χ3v) is 3.94. The first-order valence-electron chi connectivity index (χ1n) is 6.81. The number of nitrogens with two attached hydrogens (primary N) is 1. The normalized spacial score (nSPS) is 11.2. The van der Waals surface area contributed by atoms with Crippen molar-refractivity contribution in [2.24, 2.45) is 0 Å². The van der Waals surface area contributed by atoms with Crippen molar-refractivity contribution < 1.29 is 0 Å². The van der Waals surface area contributed by atoms with E-state index in [0.29, 0.717) is 15.7 Å². The van der Waals surface area contributed by atoms with E-state index in [1.807, 2.05) is 30.3 Å². The maximum Gasteiger partial charge on any atom is 0.142 e. The van der Waals surface area contributed by atoms with Gasteiger partial charge < -0.3 is 10.3 Å². The molecule has 0 saturated heterocycles. The van der Waals surface area contributed by atoms with Crippen molar-refractivity contribution >= 4 is 39.9 Å². The first kappa shape index (κ1) is 14.2. The summed E-state index contributed by atoms with van der Waals surface area (Å²) in [5, 5.41) is 1.28. The van der Waals surface area contributed by atoms with Crippen LogP contribution in [0.15, 0.2) is 36.4 Å². The summed E-state index contributed by atoms with van der Waals surface area (Å²) < 4.78 is 2.17. The van der Waals surface area contributed by atoms with Gasteiger partial charge in [0.25, 0.3) is 0 Å². The fraction of sp³-hybridized carbons (Fsp3) is 0.188. The number of imidazole rings is 1. The smallest absolute Gasteiger partial charge is 0.142 e. The summed E-state index contributed by atoms with van der Waals surface area (Å²) in [5.41, 5.74) is 9.23. The predicted octanol–water partition coefficient (Wildman–Crippen LogP) is 5.00. The number of halogens is 2. The molecule has 0 atom stereocenters. The summed E-state index contributed by atoms with van der Waals surface area (Å²) in [6.07, 6.45) is 1.01. The number of hydrogen-bond acceptors (Lipinski definition) is 2. The number of aryl methyl sites for hydroxylation is 1. The lowest BCUT2D eigenvalue weighted by Gasteiger charge is -2.09. The molecule has 0 fully saturated rings. The summed E-state index contributed by atoms with van der Waals surface area (Å²) in [6.45, 7) is 3.00. The average Bonchev–Trinajstić information content (AvgIpc) is 2.77. The van der Waals surface area contributed by atoms with Crippen LogP contribution in [-0.4, -0.2) is 9.55 Å². The predicted molar refractivity (Wildman–Crippen MR) is 89.9 cm³/mol. The molecule has 2 aromatic carbocycles. The van der Waals surface area contributed by atoms with Crippen molar-refractivity contribution in [3.05, 3.63) is 46.4 Å². The van der Waals surface area contributed by atoms with E-state index in [1.54, 1.807) is 6.07 Å². The fourth-order valence-electron chi connectivity index (χ4n) is 2.47. The van der Waals surface area contributed by atoms with Crippen LogP contribution in [0.2, 0.25) is 10.0 Å². The number of fused-ring (bicyclic) bond motifs is 1. The Labute approximate surface area is 133 Å². The monoisotopic (exact) mass is 319 g/mol. The topological polar surface area (TPSA) is 43.8 Å². The first-order chi connectivity index (χ1) is 10.1. The van der Waals surface area contributed by atoms with Gasteiger partial charge in [0.05, 0.1) is 16.1 Å². The Morgan fingerprint density at radius 2 is 1.95 bits per heavy atom. The molecule has 3 rings (SSSR count). The van der Waals surface area contributed by atoms with Gasteiger partial charge in [-0.05, 0) is 42.8 Å². The Bertz CT molecular complexity index is 809. The number of benzene rings is 2. The summed E-state index contributed by atoms with van der Waals surface area (Å²) in [7, 11) is 0. The van der Waals surface area contributed by atoms with Crippen LogP contribution in [-0.2, 0) is 6.54 Å². The second kappa shape index (κ2) is 5.58. The molecule has 3 nitrogen and oxygen atoms in total. The van der Waals surface area contributed by atoms with E-state index < -0.39 is 0 Å². The second-order valence-electron chi connectivity index (χ2n) is 4.96. The van der Waals surface area contributed by atoms with Gasteiger partial charge in [-0.2, -0.15) is 0 Å². The zero-order valence-corrected chi connectivity index (χ0v) is 13.1. The van der Waals surface area contributed by atoms with Gasteiger partial charge in [-0.25, -0.2) is 4.98 Å². The molecule has 5 heteroatoms. The second-order valence-corrected chi connectivity index (χ2v) is 5.80. The SMILES string of the molecule is CCCn1c(-c2ccc(N)cc2Cl)nc2cc(Cl)ccc21. The van der Waals surface area contributed by atoms with Gasteiger partial charge in [-0.1, -0.05) is 30.1 Å². The Balaban J connectivity index is 2.27. The first-order valence-corrected chi connectivity index (χ1v) is 7.57. The molecule has 0 saturated carbocycles. The molecule has 0 aliphatic carbocycles. The number of anilines is 1. The van der Waals surface area contributed by atoms with Crippen molar-refractivity contribution in [1.82, 2.24) is 9.55 Å². The number of nitrogens with zero attached hydrogens (tertiary/aromatic N) is 2. The molecule has 2 N–H and O–H groups in total. The highest BCUT2D eigenvalue weighted by Gasteiger charge is 2.15. The van der Waals surface area contributed by atoms with Crippen molar-refractivity contribution in [3.63, 3.8) is 0 Å². The van der Waals surface area contributed by atoms with E-state index >= 15 is 0 Å². The van der Waals surface area contributed by atoms with Crippen LogP contribution >= 0.6 is 23.2 Å². The van der Waals surface area contributed by atoms with Gasteiger partial charge in [0, 0.05) is 22.8 Å². The Morgan fingerprint density at radius 1 is 1.14 bits per heavy atom. The number of nitrogen functional groups attached to an aromatic ring is 1. The third kappa shape index (κ3) is 2.59.